The molecule has 0 aliphatic rings. The molecule has 5 heteroatoms. The summed E-state index contributed by atoms with van der Waals surface area (Å²) in [6.07, 6.45) is 1.80. The second-order valence-corrected chi connectivity index (χ2v) is 6.44. The van der Waals surface area contributed by atoms with E-state index in [9.17, 15) is 13.2 Å². The van der Waals surface area contributed by atoms with E-state index in [0.717, 1.165) is 6.26 Å². The van der Waals surface area contributed by atoms with Gasteiger partial charge in [-0.2, -0.15) is 0 Å². The maximum atomic E-state index is 11.8. The quantitative estimate of drug-likeness (QED) is 0.875. The lowest BCUT2D eigenvalue weighted by atomic mass is 10.00. The Morgan fingerprint density at radius 1 is 1.15 bits per heavy atom. The molecule has 104 valence electrons. The molecule has 0 atom stereocenters. The SMILES string of the molecule is CS(=O)(=O)c1ccccc1-c1ccc(CO)c(C=O)c1. The molecule has 1 N–H and O–H groups in total. The zero-order valence-electron chi connectivity index (χ0n) is 10.9. The maximum absolute atomic E-state index is 11.8. The molecule has 0 radical (unpaired) electrons. The molecule has 0 amide bonds. The van der Waals surface area contributed by atoms with E-state index >= 15 is 0 Å². The van der Waals surface area contributed by atoms with Crippen molar-refractivity contribution in [2.24, 2.45) is 0 Å². The van der Waals surface area contributed by atoms with Gasteiger partial charge < -0.3 is 5.11 Å². The fourth-order valence-electron chi connectivity index (χ4n) is 2.04. The lowest BCUT2D eigenvalue weighted by Crippen LogP contribution is -2.00. The van der Waals surface area contributed by atoms with Gasteiger partial charge in [0.1, 0.15) is 6.29 Å². The minimum Gasteiger partial charge on any atom is -0.392 e. The Morgan fingerprint density at radius 3 is 2.45 bits per heavy atom. The molecule has 0 heterocycles. The first-order valence-electron chi connectivity index (χ1n) is 5.96. The van der Waals surface area contributed by atoms with Gasteiger partial charge in [0.25, 0.3) is 0 Å². The van der Waals surface area contributed by atoms with E-state index < -0.39 is 9.84 Å². The lowest BCUT2D eigenvalue weighted by molar-refractivity contribution is 0.112. The molecule has 0 aliphatic heterocycles. The van der Waals surface area contributed by atoms with Crippen LogP contribution >= 0.6 is 0 Å². The van der Waals surface area contributed by atoms with Crippen LogP contribution in [0.15, 0.2) is 47.4 Å². The van der Waals surface area contributed by atoms with Crippen LogP contribution in [-0.4, -0.2) is 26.1 Å². The van der Waals surface area contributed by atoms with E-state index in [1.807, 2.05) is 0 Å². The fraction of sp³-hybridized carbons (Fsp3) is 0.133. The molecule has 0 saturated carbocycles. The summed E-state index contributed by atoms with van der Waals surface area (Å²) in [7, 11) is -3.35. The molecular weight excluding hydrogens is 276 g/mol. The van der Waals surface area contributed by atoms with Crippen molar-refractivity contribution in [2.45, 2.75) is 11.5 Å². The number of carbonyl (C=O) groups is 1. The van der Waals surface area contributed by atoms with Gasteiger partial charge in [0.05, 0.1) is 11.5 Å². The molecule has 0 aliphatic carbocycles. The van der Waals surface area contributed by atoms with Gasteiger partial charge in [0.2, 0.25) is 0 Å². The summed E-state index contributed by atoms with van der Waals surface area (Å²) in [5, 5.41) is 9.14. The van der Waals surface area contributed by atoms with Crippen LogP contribution in [0.5, 0.6) is 0 Å². The first-order chi connectivity index (χ1) is 9.47. The molecule has 20 heavy (non-hydrogen) atoms. The lowest BCUT2D eigenvalue weighted by Gasteiger charge is -2.10. The van der Waals surface area contributed by atoms with E-state index in [0.29, 0.717) is 28.5 Å². The maximum Gasteiger partial charge on any atom is 0.176 e. The van der Waals surface area contributed by atoms with Crippen LogP contribution in [0.4, 0.5) is 0 Å². The van der Waals surface area contributed by atoms with Gasteiger partial charge in [-0.25, -0.2) is 8.42 Å². The van der Waals surface area contributed by atoms with Gasteiger partial charge in [-0.1, -0.05) is 30.3 Å². The number of hydrogen-bond donors (Lipinski definition) is 1. The van der Waals surface area contributed by atoms with E-state index in [4.69, 9.17) is 5.11 Å². The average molecular weight is 290 g/mol. The first-order valence-corrected chi connectivity index (χ1v) is 7.85. The molecular formula is C15H14O4S. The number of aldehydes is 1. The predicted molar refractivity (Wildman–Crippen MR) is 76.3 cm³/mol. The minimum absolute atomic E-state index is 0.216. The minimum atomic E-state index is -3.35. The third kappa shape index (κ3) is 2.79. The molecule has 2 aromatic rings. The number of hydrogen-bond acceptors (Lipinski definition) is 4. The van der Waals surface area contributed by atoms with E-state index in [1.165, 1.54) is 6.07 Å². The normalized spacial score (nSPS) is 11.3. The number of sulfone groups is 1. The highest BCUT2D eigenvalue weighted by molar-refractivity contribution is 7.90. The highest BCUT2D eigenvalue weighted by Gasteiger charge is 2.14. The van der Waals surface area contributed by atoms with Crippen LogP contribution in [-0.2, 0) is 16.4 Å². The van der Waals surface area contributed by atoms with Crippen molar-refractivity contribution >= 4 is 16.1 Å². The average Bonchev–Trinajstić information content (AvgIpc) is 2.45. The van der Waals surface area contributed by atoms with Gasteiger partial charge in [0, 0.05) is 17.4 Å². The van der Waals surface area contributed by atoms with Gasteiger partial charge >= 0.3 is 0 Å². The van der Waals surface area contributed by atoms with Gasteiger partial charge in [0.15, 0.2) is 9.84 Å². The molecule has 0 saturated heterocycles. The van der Waals surface area contributed by atoms with Crippen molar-refractivity contribution in [1.29, 1.82) is 0 Å². The number of benzene rings is 2. The third-order valence-corrected chi connectivity index (χ3v) is 4.20. The Labute approximate surface area is 117 Å². The largest absolute Gasteiger partial charge is 0.392 e. The first kappa shape index (κ1) is 14.4. The number of aliphatic hydroxyl groups excluding tert-OH is 1. The summed E-state index contributed by atoms with van der Waals surface area (Å²) in [6, 6.07) is 11.5. The Bertz CT molecular complexity index is 748. The zero-order valence-corrected chi connectivity index (χ0v) is 11.7. The standard InChI is InChI=1S/C15H14O4S/c1-20(18,19)15-5-3-2-4-14(15)11-6-7-12(9-16)13(8-11)10-17/h2-8,10,16H,9H2,1H3. The van der Waals surface area contributed by atoms with E-state index in [1.54, 1.807) is 36.4 Å². The molecule has 0 spiro atoms. The van der Waals surface area contributed by atoms with Crippen LogP contribution in [0.2, 0.25) is 0 Å². The molecule has 0 fully saturated rings. The summed E-state index contributed by atoms with van der Waals surface area (Å²) in [4.78, 5) is 11.2. The predicted octanol–water partition coefficient (Wildman–Crippen LogP) is 2.06. The zero-order chi connectivity index (χ0) is 14.8. The molecule has 2 aromatic carbocycles. The van der Waals surface area contributed by atoms with Gasteiger partial charge in [-0.05, 0) is 23.3 Å². The van der Waals surface area contributed by atoms with Crippen molar-refractivity contribution < 1.29 is 18.3 Å². The summed E-state index contributed by atoms with van der Waals surface area (Å²) in [6.45, 7) is -0.234. The van der Waals surface area contributed by atoms with Crippen LogP contribution in [0.25, 0.3) is 11.1 Å². The van der Waals surface area contributed by atoms with E-state index in [2.05, 4.69) is 0 Å². The summed E-state index contributed by atoms with van der Waals surface area (Å²) >= 11 is 0. The van der Waals surface area contributed by atoms with Gasteiger partial charge in [-0.3, -0.25) is 4.79 Å². The summed E-state index contributed by atoms with van der Waals surface area (Å²) < 4.78 is 23.6. The van der Waals surface area contributed by atoms with Crippen LogP contribution in [0.1, 0.15) is 15.9 Å². The van der Waals surface area contributed by atoms with Crippen LogP contribution in [0.3, 0.4) is 0 Å². The Morgan fingerprint density at radius 2 is 1.85 bits per heavy atom. The highest BCUT2D eigenvalue weighted by atomic mass is 32.2. The van der Waals surface area contributed by atoms with Gasteiger partial charge in [-0.15, -0.1) is 0 Å². The second-order valence-electron chi connectivity index (χ2n) is 4.46. The molecule has 0 bridgehead atoms. The monoisotopic (exact) mass is 290 g/mol. The van der Waals surface area contributed by atoms with Crippen LogP contribution < -0.4 is 0 Å². The highest BCUT2D eigenvalue weighted by Crippen LogP contribution is 2.28. The molecule has 0 aromatic heterocycles. The number of rotatable bonds is 4. The van der Waals surface area contributed by atoms with Crippen molar-refractivity contribution in [3.05, 3.63) is 53.6 Å². The van der Waals surface area contributed by atoms with E-state index in [-0.39, 0.29) is 11.5 Å². The van der Waals surface area contributed by atoms with Crippen molar-refractivity contribution in [2.75, 3.05) is 6.26 Å². The molecule has 2 rings (SSSR count). The van der Waals surface area contributed by atoms with Crippen LogP contribution in [0, 0.1) is 0 Å². The number of carbonyl (C=O) groups excluding carboxylic acids is 1. The number of aliphatic hydroxyl groups is 1. The second kappa shape index (κ2) is 5.56. The Kier molecular flexibility index (Phi) is 4.01. The fourth-order valence-corrected chi connectivity index (χ4v) is 2.96. The summed E-state index contributed by atoms with van der Waals surface area (Å²) in [5.41, 5.74) is 2.04. The molecule has 4 nitrogen and oxygen atoms in total. The Balaban J connectivity index is 2.67. The third-order valence-electron chi connectivity index (χ3n) is 3.04. The smallest absolute Gasteiger partial charge is 0.176 e. The van der Waals surface area contributed by atoms with Crippen molar-refractivity contribution in [3.8, 4) is 11.1 Å². The van der Waals surface area contributed by atoms with Crippen molar-refractivity contribution in [3.63, 3.8) is 0 Å². The van der Waals surface area contributed by atoms with Crippen molar-refractivity contribution in [1.82, 2.24) is 0 Å². The topological polar surface area (TPSA) is 71.4 Å². The molecule has 0 unspecified atom stereocenters. The summed E-state index contributed by atoms with van der Waals surface area (Å²) in [5.74, 6) is 0. The Hall–Kier alpha value is -1.98.